The van der Waals surface area contributed by atoms with E-state index in [0.717, 1.165) is 23.9 Å². The molecule has 100 valence electrons. The Balaban J connectivity index is 2.35. The van der Waals surface area contributed by atoms with Gasteiger partial charge in [0.2, 0.25) is 0 Å². The van der Waals surface area contributed by atoms with Gasteiger partial charge in [-0.3, -0.25) is 9.59 Å². The van der Waals surface area contributed by atoms with Gasteiger partial charge in [0.1, 0.15) is 12.6 Å². The molecule has 0 unspecified atom stereocenters. The number of hydrogen-bond donors (Lipinski definition) is 0. The van der Waals surface area contributed by atoms with Crippen molar-refractivity contribution in [3.05, 3.63) is 72.3 Å². The standard InChI is InChI=1S/C17H15NO2/c1-2-11-18(16-7-3-14(12-19)4-8-16)17-9-5-15(13-20)6-10-17/h2-10,12-13H,1,11H2. The number of nitrogens with zero attached hydrogens (tertiary/aromatic N) is 1. The summed E-state index contributed by atoms with van der Waals surface area (Å²) < 4.78 is 0. The Morgan fingerprint density at radius 2 is 1.20 bits per heavy atom. The van der Waals surface area contributed by atoms with Gasteiger partial charge in [0, 0.05) is 29.0 Å². The third-order valence-electron chi connectivity index (χ3n) is 2.99. The summed E-state index contributed by atoms with van der Waals surface area (Å²) in [6, 6.07) is 14.7. The molecular weight excluding hydrogens is 250 g/mol. The van der Waals surface area contributed by atoms with Crippen LogP contribution in [0.2, 0.25) is 0 Å². The molecule has 2 rings (SSSR count). The minimum absolute atomic E-state index is 0.640. The van der Waals surface area contributed by atoms with Crippen molar-refractivity contribution in [2.24, 2.45) is 0 Å². The summed E-state index contributed by atoms with van der Waals surface area (Å²) in [6.45, 7) is 4.40. The predicted molar refractivity (Wildman–Crippen MR) is 80.9 cm³/mol. The Hall–Kier alpha value is -2.68. The number of carbonyl (C=O) groups excluding carboxylic acids is 2. The smallest absolute Gasteiger partial charge is 0.150 e. The van der Waals surface area contributed by atoms with Crippen LogP contribution in [0.1, 0.15) is 20.7 Å². The lowest BCUT2D eigenvalue weighted by molar-refractivity contribution is 0.111. The van der Waals surface area contributed by atoms with E-state index in [9.17, 15) is 9.59 Å². The van der Waals surface area contributed by atoms with Crippen LogP contribution < -0.4 is 4.90 Å². The van der Waals surface area contributed by atoms with Crippen LogP contribution in [0.25, 0.3) is 0 Å². The quantitative estimate of drug-likeness (QED) is 0.591. The average Bonchev–Trinajstić information content (AvgIpc) is 2.53. The molecule has 0 bridgehead atoms. The molecular formula is C17H15NO2. The second kappa shape index (κ2) is 6.48. The lowest BCUT2D eigenvalue weighted by Gasteiger charge is -2.23. The molecule has 0 fully saturated rings. The highest BCUT2D eigenvalue weighted by molar-refractivity contribution is 5.78. The first-order valence-electron chi connectivity index (χ1n) is 6.27. The SMILES string of the molecule is C=CCN(c1ccc(C=O)cc1)c1ccc(C=O)cc1. The first-order valence-corrected chi connectivity index (χ1v) is 6.27. The summed E-state index contributed by atoms with van der Waals surface area (Å²) in [5.41, 5.74) is 3.22. The summed E-state index contributed by atoms with van der Waals surface area (Å²) in [5.74, 6) is 0. The molecule has 0 aliphatic heterocycles. The Morgan fingerprint density at radius 3 is 1.50 bits per heavy atom. The second-order valence-corrected chi connectivity index (χ2v) is 4.32. The molecule has 0 aliphatic rings. The van der Waals surface area contributed by atoms with E-state index >= 15 is 0 Å². The fraction of sp³-hybridized carbons (Fsp3) is 0.0588. The lowest BCUT2D eigenvalue weighted by atomic mass is 10.1. The van der Waals surface area contributed by atoms with E-state index in [4.69, 9.17) is 0 Å². The summed E-state index contributed by atoms with van der Waals surface area (Å²) in [7, 11) is 0. The number of anilines is 2. The van der Waals surface area contributed by atoms with Crippen molar-refractivity contribution < 1.29 is 9.59 Å². The Morgan fingerprint density at radius 1 is 0.800 bits per heavy atom. The van der Waals surface area contributed by atoms with Crippen molar-refractivity contribution in [1.29, 1.82) is 0 Å². The zero-order valence-corrected chi connectivity index (χ0v) is 11.0. The summed E-state index contributed by atoms with van der Waals surface area (Å²) >= 11 is 0. The van der Waals surface area contributed by atoms with Gasteiger partial charge in [-0.2, -0.15) is 0 Å². The van der Waals surface area contributed by atoms with Crippen molar-refractivity contribution in [2.45, 2.75) is 0 Å². The van der Waals surface area contributed by atoms with Crippen LogP contribution in [0.15, 0.2) is 61.2 Å². The first kappa shape index (κ1) is 13.7. The second-order valence-electron chi connectivity index (χ2n) is 4.32. The van der Waals surface area contributed by atoms with E-state index in [2.05, 4.69) is 11.5 Å². The van der Waals surface area contributed by atoms with E-state index in [1.165, 1.54) is 0 Å². The molecule has 2 aromatic carbocycles. The van der Waals surface area contributed by atoms with E-state index < -0.39 is 0 Å². The molecule has 0 spiro atoms. The molecule has 0 aliphatic carbocycles. The minimum Gasteiger partial charge on any atom is -0.338 e. The van der Waals surface area contributed by atoms with E-state index in [1.807, 2.05) is 24.3 Å². The topological polar surface area (TPSA) is 37.4 Å². The average molecular weight is 265 g/mol. The summed E-state index contributed by atoms with van der Waals surface area (Å²) in [4.78, 5) is 23.4. The van der Waals surface area contributed by atoms with Crippen LogP contribution in [0.3, 0.4) is 0 Å². The molecule has 0 amide bonds. The maximum atomic E-state index is 10.7. The van der Waals surface area contributed by atoms with Crippen molar-refractivity contribution >= 4 is 23.9 Å². The predicted octanol–water partition coefficient (Wildman–Crippen LogP) is 3.64. The monoisotopic (exact) mass is 265 g/mol. The fourth-order valence-electron chi connectivity index (χ4n) is 1.95. The van der Waals surface area contributed by atoms with Gasteiger partial charge in [-0.15, -0.1) is 6.58 Å². The Kier molecular flexibility index (Phi) is 4.45. The maximum absolute atomic E-state index is 10.7. The van der Waals surface area contributed by atoms with Crippen LogP contribution in [0, 0.1) is 0 Å². The Bertz CT molecular complexity index is 548. The van der Waals surface area contributed by atoms with E-state index in [0.29, 0.717) is 17.7 Å². The van der Waals surface area contributed by atoms with Gasteiger partial charge in [-0.05, 0) is 48.5 Å². The van der Waals surface area contributed by atoms with Crippen LogP contribution in [0.5, 0.6) is 0 Å². The molecule has 0 aromatic heterocycles. The zero-order chi connectivity index (χ0) is 14.4. The summed E-state index contributed by atoms with van der Waals surface area (Å²) in [5, 5.41) is 0. The third kappa shape index (κ3) is 3.01. The third-order valence-corrected chi connectivity index (χ3v) is 2.99. The summed E-state index contributed by atoms with van der Waals surface area (Å²) in [6.07, 6.45) is 3.45. The van der Waals surface area contributed by atoms with Gasteiger partial charge in [-0.25, -0.2) is 0 Å². The molecule has 20 heavy (non-hydrogen) atoms. The fourth-order valence-corrected chi connectivity index (χ4v) is 1.95. The van der Waals surface area contributed by atoms with Crippen LogP contribution >= 0.6 is 0 Å². The van der Waals surface area contributed by atoms with Gasteiger partial charge < -0.3 is 4.90 Å². The number of hydrogen-bond acceptors (Lipinski definition) is 3. The molecule has 0 saturated carbocycles. The minimum atomic E-state index is 0.640. The van der Waals surface area contributed by atoms with Crippen molar-refractivity contribution in [2.75, 3.05) is 11.4 Å². The van der Waals surface area contributed by atoms with Crippen molar-refractivity contribution in [1.82, 2.24) is 0 Å². The molecule has 2 aromatic rings. The van der Waals surface area contributed by atoms with E-state index in [-0.39, 0.29) is 0 Å². The van der Waals surface area contributed by atoms with Crippen LogP contribution in [0.4, 0.5) is 11.4 Å². The highest BCUT2D eigenvalue weighted by Crippen LogP contribution is 2.25. The zero-order valence-electron chi connectivity index (χ0n) is 11.0. The van der Waals surface area contributed by atoms with Gasteiger partial charge in [-0.1, -0.05) is 6.08 Å². The molecule has 0 N–H and O–H groups in total. The van der Waals surface area contributed by atoms with Gasteiger partial charge in [0.05, 0.1) is 0 Å². The highest BCUT2D eigenvalue weighted by atomic mass is 16.1. The maximum Gasteiger partial charge on any atom is 0.150 e. The molecule has 3 heteroatoms. The van der Waals surface area contributed by atoms with Crippen LogP contribution in [-0.2, 0) is 0 Å². The molecule has 0 radical (unpaired) electrons. The number of benzene rings is 2. The van der Waals surface area contributed by atoms with Gasteiger partial charge in [0.15, 0.2) is 0 Å². The highest BCUT2D eigenvalue weighted by Gasteiger charge is 2.07. The molecule has 0 heterocycles. The lowest BCUT2D eigenvalue weighted by Crippen LogP contribution is -2.16. The van der Waals surface area contributed by atoms with Crippen molar-refractivity contribution in [3.63, 3.8) is 0 Å². The Labute approximate surface area is 118 Å². The van der Waals surface area contributed by atoms with E-state index in [1.54, 1.807) is 30.3 Å². The molecule has 0 atom stereocenters. The molecule has 3 nitrogen and oxygen atoms in total. The van der Waals surface area contributed by atoms with Gasteiger partial charge in [0.25, 0.3) is 0 Å². The number of rotatable bonds is 6. The first-order chi connectivity index (χ1) is 9.78. The van der Waals surface area contributed by atoms with Crippen LogP contribution in [-0.4, -0.2) is 19.1 Å². The normalized spacial score (nSPS) is 9.80. The van der Waals surface area contributed by atoms with Gasteiger partial charge >= 0.3 is 0 Å². The number of aldehydes is 2. The van der Waals surface area contributed by atoms with Crippen molar-refractivity contribution in [3.8, 4) is 0 Å². The largest absolute Gasteiger partial charge is 0.338 e. The molecule has 0 saturated heterocycles. The number of carbonyl (C=O) groups is 2.